The Kier molecular flexibility index (Phi) is 7.98. The molecule has 35 heavy (non-hydrogen) atoms. The lowest BCUT2D eigenvalue weighted by atomic mass is 10.1. The number of carbonyl (C=O) groups is 2. The fraction of sp³-hybridized carbons (Fsp3) is 0.200. The molecule has 0 aromatic heterocycles. The summed E-state index contributed by atoms with van der Waals surface area (Å²) in [6.07, 6.45) is -0.356. The monoisotopic (exact) mass is 496 g/mol. The minimum absolute atomic E-state index is 0.235. The number of nitro groups is 1. The molecule has 0 aliphatic rings. The molecular formula is C25H24N2O7S. The molecule has 1 amide bonds. The molecule has 0 radical (unpaired) electrons. The second-order valence-corrected chi connectivity index (χ2v) is 9.91. The van der Waals surface area contributed by atoms with Crippen molar-refractivity contribution < 1.29 is 27.7 Å². The van der Waals surface area contributed by atoms with Crippen LogP contribution in [0.2, 0.25) is 0 Å². The van der Waals surface area contributed by atoms with Crippen molar-refractivity contribution in [2.24, 2.45) is 0 Å². The molecule has 0 N–H and O–H groups in total. The van der Waals surface area contributed by atoms with Gasteiger partial charge in [-0.2, -0.15) is 0 Å². The van der Waals surface area contributed by atoms with Gasteiger partial charge in [-0.3, -0.25) is 14.9 Å². The smallest absolute Gasteiger partial charge is 0.339 e. The van der Waals surface area contributed by atoms with Gasteiger partial charge < -0.3 is 9.64 Å². The number of benzene rings is 3. The molecule has 0 spiro atoms. The van der Waals surface area contributed by atoms with Gasteiger partial charge in [-0.25, -0.2) is 13.2 Å². The van der Waals surface area contributed by atoms with Gasteiger partial charge in [-0.05, 0) is 30.2 Å². The Bertz CT molecular complexity index is 1280. The standard InChI is InChI=1S/C25H24N2O7S/c1-18(34-25(29)21-13-14-23(35(2,32)33)22(15-21)27(30)31)24(28)26(16-19-9-5-3-6-10-19)17-20-11-7-4-8-12-20/h3-15,18H,16-17H2,1-2H3/t18-/m0/s1. The molecule has 0 saturated heterocycles. The van der Waals surface area contributed by atoms with E-state index < -0.39 is 43.3 Å². The van der Waals surface area contributed by atoms with Crippen LogP contribution in [-0.2, 0) is 32.5 Å². The van der Waals surface area contributed by atoms with Crippen LogP contribution in [0.15, 0.2) is 83.8 Å². The second kappa shape index (κ2) is 10.9. The van der Waals surface area contributed by atoms with Crippen LogP contribution in [0.25, 0.3) is 0 Å². The number of ether oxygens (including phenoxy) is 1. The number of nitro benzene ring substituents is 1. The molecule has 0 bridgehead atoms. The molecule has 3 aromatic carbocycles. The zero-order valence-electron chi connectivity index (χ0n) is 19.2. The fourth-order valence-corrected chi connectivity index (χ4v) is 4.28. The number of rotatable bonds is 9. The highest BCUT2D eigenvalue weighted by molar-refractivity contribution is 7.90. The number of hydrogen-bond donors (Lipinski definition) is 0. The van der Waals surface area contributed by atoms with Gasteiger partial charge in [0.25, 0.3) is 11.6 Å². The molecule has 0 heterocycles. The Hall–Kier alpha value is -4.05. The van der Waals surface area contributed by atoms with E-state index in [1.807, 2.05) is 60.7 Å². The second-order valence-electron chi connectivity index (χ2n) is 7.92. The van der Waals surface area contributed by atoms with Gasteiger partial charge in [0, 0.05) is 25.4 Å². The molecule has 0 unspecified atom stereocenters. The summed E-state index contributed by atoms with van der Waals surface area (Å²) in [7, 11) is -3.88. The summed E-state index contributed by atoms with van der Waals surface area (Å²) in [5.41, 5.74) is 0.807. The van der Waals surface area contributed by atoms with Crippen LogP contribution in [0.1, 0.15) is 28.4 Å². The van der Waals surface area contributed by atoms with E-state index in [9.17, 15) is 28.1 Å². The molecular weight excluding hydrogens is 472 g/mol. The molecule has 1 atom stereocenters. The molecule has 0 saturated carbocycles. The van der Waals surface area contributed by atoms with Crippen molar-refractivity contribution in [1.29, 1.82) is 0 Å². The third-order valence-corrected chi connectivity index (χ3v) is 6.31. The molecule has 3 rings (SSSR count). The maximum absolute atomic E-state index is 13.2. The average molecular weight is 497 g/mol. The minimum Gasteiger partial charge on any atom is -0.449 e. The highest BCUT2D eigenvalue weighted by Crippen LogP contribution is 2.25. The minimum atomic E-state index is -3.88. The van der Waals surface area contributed by atoms with E-state index in [2.05, 4.69) is 0 Å². The summed E-state index contributed by atoms with van der Waals surface area (Å²) in [4.78, 5) is 37.4. The Labute approximate surface area is 203 Å². The van der Waals surface area contributed by atoms with Crippen LogP contribution < -0.4 is 0 Å². The average Bonchev–Trinajstić information content (AvgIpc) is 2.83. The predicted octanol–water partition coefficient (Wildman–Crippen LogP) is 3.77. The van der Waals surface area contributed by atoms with Crippen molar-refractivity contribution >= 4 is 27.4 Å². The van der Waals surface area contributed by atoms with Crippen molar-refractivity contribution in [1.82, 2.24) is 4.90 Å². The van der Waals surface area contributed by atoms with Crippen molar-refractivity contribution in [2.45, 2.75) is 31.0 Å². The lowest BCUT2D eigenvalue weighted by Gasteiger charge is -2.26. The third kappa shape index (κ3) is 6.73. The van der Waals surface area contributed by atoms with E-state index in [-0.39, 0.29) is 18.7 Å². The van der Waals surface area contributed by atoms with E-state index in [1.54, 1.807) is 4.90 Å². The largest absolute Gasteiger partial charge is 0.449 e. The van der Waals surface area contributed by atoms with Crippen molar-refractivity contribution in [3.8, 4) is 0 Å². The zero-order valence-corrected chi connectivity index (χ0v) is 20.0. The molecule has 10 heteroatoms. The Morgan fingerprint density at radius 1 is 0.943 bits per heavy atom. The number of hydrogen-bond acceptors (Lipinski definition) is 7. The summed E-state index contributed by atoms with van der Waals surface area (Å²) in [5, 5.41) is 11.3. The van der Waals surface area contributed by atoms with Gasteiger partial charge in [-0.1, -0.05) is 60.7 Å². The highest BCUT2D eigenvalue weighted by atomic mass is 32.2. The normalized spacial score (nSPS) is 11.9. The van der Waals surface area contributed by atoms with Crippen LogP contribution in [0, 0.1) is 10.1 Å². The summed E-state index contributed by atoms with van der Waals surface area (Å²) in [6, 6.07) is 21.6. The topological polar surface area (TPSA) is 124 Å². The molecule has 9 nitrogen and oxygen atoms in total. The van der Waals surface area contributed by atoms with Crippen LogP contribution in [-0.4, -0.2) is 42.5 Å². The summed E-state index contributed by atoms with van der Waals surface area (Å²) < 4.78 is 28.9. The van der Waals surface area contributed by atoms with Crippen molar-refractivity contribution in [3.05, 3.63) is 106 Å². The summed E-state index contributed by atoms with van der Waals surface area (Å²) in [6.45, 7) is 1.98. The van der Waals surface area contributed by atoms with Gasteiger partial charge in [-0.15, -0.1) is 0 Å². The molecule has 182 valence electrons. The van der Waals surface area contributed by atoms with E-state index in [0.29, 0.717) is 0 Å². The molecule has 0 fully saturated rings. The van der Waals surface area contributed by atoms with Crippen LogP contribution in [0.3, 0.4) is 0 Å². The fourth-order valence-electron chi connectivity index (χ4n) is 3.46. The zero-order chi connectivity index (χ0) is 25.6. The van der Waals surface area contributed by atoms with Crippen molar-refractivity contribution in [2.75, 3.05) is 6.26 Å². The maximum atomic E-state index is 13.2. The number of esters is 1. The first-order chi connectivity index (χ1) is 16.6. The van der Waals surface area contributed by atoms with Crippen molar-refractivity contribution in [3.63, 3.8) is 0 Å². The van der Waals surface area contributed by atoms with E-state index >= 15 is 0 Å². The van der Waals surface area contributed by atoms with Gasteiger partial charge in [0.1, 0.15) is 4.90 Å². The first-order valence-electron chi connectivity index (χ1n) is 10.6. The van der Waals surface area contributed by atoms with Gasteiger partial charge >= 0.3 is 5.97 Å². The first kappa shape index (κ1) is 25.6. The summed E-state index contributed by atoms with van der Waals surface area (Å²) in [5.74, 6) is -1.43. The Morgan fingerprint density at radius 2 is 1.46 bits per heavy atom. The number of carbonyl (C=O) groups excluding carboxylic acids is 2. The van der Waals surface area contributed by atoms with Crippen LogP contribution >= 0.6 is 0 Å². The number of nitrogens with zero attached hydrogens (tertiary/aromatic N) is 2. The van der Waals surface area contributed by atoms with Gasteiger partial charge in [0.15, 0.2) is 15.9 Å². The van der Waals surface area contributed by atoms with Crippen LogP contribution in [0.4, 0.5) is 5.69 Å². The number of sulfone groups is 1. The Morgan fingerprint density at radius 3 is 1.91 bits per heavy atom. The molecule has 3 aromatic rings. The van der Waals surface area contributed by atoms with E-state index in [4.69, 9.17) is 4.74 Å². The Balaban J connectivity index is 1.81. The third-order valence-electron chi connectivity index (χ3n) is 5.17. The SMILES string of the molecule is C[C@H](OC(=O)c1ccc(S(C)(=O)=O)c([N+](=O)[O-])c1)C(=O)N(Cc1ccccc1)Cc1ccccc1. The lowest BCUT2D eigenvalue weighted by molar-refractivity contribution is -0.387. The predicted molar refractivity (Wildman–Crippen MR) is 128 cm³/mol. The van der Waals surface area contributed by atoms with E-state index in [1.165, 1.54) is 6.92 Å². The molecule has 0 aliphatic heterocycles. The summed E-state index contributed by atoms with van der Waals surface area (Å²) >= 11 is 0. The quantitative estimate of drug-likeness (QED) is 0.251. The maximum Gasteiger partial charge on any atom is 0.339 e. The van der Waals surface area contributed by atoms with Crippen LogP contribution in [0.5, 0.6) is 0 Å². The van der Waals surface area contributed by atoms with Gasteiger partial charge in [0.05, 0.1) is 10.5 Å². The first-order valence-corrected chi connectivity index (χ1v) is 12.5. The number of amides is 1. The lowest BCUT2D eigenvalue weighted by Crippen LogP contribution is -2.39. The van der Waals surface area contributed by atoms with E-state index in [0.717, 1.165) is 35.6 Å². The molecule has 0 aliphatic carbocycles. The van der Waals surface area contributed by atoms with Gasteiger partial charge in [0.2, 0.25) is 0 Å². The highest BCUT2D eigenvalue weighted by Gasteiger charge is 2.28.